The molecule has 0 bridgehead atoms. The van der Waals surface area contributed by atoms with Crippen LogP contribution in [0.2, 0.25) is 5.02 Å². The first-order valence-electron chi connectivity index (χ1n) is 6.00. The van der Waals surface area contributed by atoms with Gasteiger partial charge in [0.1, 0.15) is 17.7 Å². The van der Waals surface area contributed by atoms with Crippen LogP contribution in [-0.4, -0.2) is 6.04 Å². The molecule has 0 spiro atoms. The summed E-state index contributed by atoms with van der Waals surface area (Å²) in [5.41, 5.74) is 6.74. The van der Waals surface area contributed by atoms with Crippen molar-refractivity contribution in [3.63, 3.8) is 0 Å². The highest BCUT2D eigenvalue weighted by molar-refractivity contribution is 6.31. The maximum absolute atomic E-state index is 13.2. The van der Waals surface area contributed by atoms with Crippen LogP contribution in [0.3, 0.4) is 0 Å². The van der Waals surface area contributed by atoms with Gasteiger partial charge < -0.3 is 10.5 Å². The molecule has 2 aromatic carbocycles. The summed E-state index contributed by atoms with van der Waals surface area (Å²) in [6.07, 6.45) is -0.421. The van der Waals surface area contributed by atoms with Gasteiger partial charge in [-0.05, 0) is 25.1 Å². The van der Waals surface area contributed by atoms with E-state index in [1.165, 1.54) is 12.1 Å². The van der Waals surface area contributed by atoms with Crippen molar-refractivity contribution < 1.29 is 9.13 Å². The average Bonchev–Trinajstić information content (AvgIpc) is 2.37. The van der Waals surface area contributed by atoms with Crippen LogP contribution < -0.4 is 10.5 Å². The van der Waals surface area contributed by atoms with Gasteiger partial charge >= 0.3 is 0 Å². The molecule has 0 fully saturated rings. The minimum atomic E-state index is -0.421. The van der Waals surface area contributed by atoms with Crippen LogP contribution in [0.1, 0.15) is 18.6 Å². The van der Waals surface area contributed by atoms with E-state index < -0.39 is 6.10 Å². The molecule has 2 atom stereocenters. The Hall–Kier alpha value is -1.58. The average molecular weight is 280 g/mol. The normalized spacial score (nSPS) is 13.9. The smallest absolute Gasteiger partial charge is 0.140 e. The fraction of sp³-hybridized carbons (Fsp3) is 0.200. The Bertz CT molecular complexity index is 559. The summed E-state index contributed by atoms with van der Waals surface area (Å²) >= 11 is 6.15. The van der Waals surface area contributed by atoms with Crippen molar-refractivity contribution in [1.29, 1.82) is 0 Å². The number of hydrogen-bond donors (Lipinski definition) is 1. The van der Waals surface area contributed by atoms with Gasteiger partial charge in [-0.15, -0.1) is 0 Å². The molecule has 2 N–H and O–H groups in total. The summed E-state index contributed by atoms with van der Waals surface area (Å²) in [6, 6.07) is 13.0. The number of benzene rings is 2. The predicted octanol–water partition coefficient (Wildman–Crippen LogP) is 3.95. The van der Waals surface area contributed by atoms with E-state index in [0.29, 0.717) is 10.8 Å². The van der Waals surface area contributed by atoms with Crippen LogP contribution in [-0.2, 0) is 0 Å². The monoisotopic (exact) mass is 279 g/mol. The Morgan fingerprint density at radius 1 is 1.16 bits per heavy atom. The van der Waals surface area contributed by atoms with Crippen LogP contribution in [0, 0.1) is 5.82 Å². The molecule has 0 saturated heterocycles. The molecule has 2 unspecified atom stereocenters. The molecule has 100 valence electrons. The lowest BCUT2D eigenvalue weighted by molar-refractivity contribution is 0.180. The zero-order chi connectivity index (χ0) is 13.8. The number of halogens is 2. The molecular formula is C15H15ClFNO. The van der Waals surface area contributed by atoms with Crippen molar-refractivity contribution in [2.24, 2.45) is 5.73 Å². The highest BCUT2D eigenvalue weighted by atomic mass is 35.5. The molecule has 0 amide bonds. The molecule has 0 aliphatic carbocycles. The highest BCUT2D eigenvalue weighted by Crippen LogP contribution is 2.29. The third-order valence-corrected chi connectivity index (χ3v) is 3.09. The largest absolute Gasteiger partial charge is 0.484 e. The second-order valence-electron chi connectivity index (χ2n) is 4.38. The summed E-state index contributed by atoms with van der Waals surface area (Å²) in [6.45, 7) is 1.83. The van der Waals surface area contributed by atoms with Gasteiger partial charge in [0.2, 0.25) is 0 Å². The molecule has 0 aromatic heterocycles. The van der Waals surface area contributed by atoms with Gasteiger partial charge in [-0.3, -0.25) is 0 Å². The molecule has 2 rings (SSSR count). The Morgan fingerprint density at radius 2 is 1.89 bits per heavy atom. The molecule has 2 nitrogen and oxygen atoms in total. The first-order chi connectivity index (χ1) is 9.08. The van der Waals surface area contributed by atoms with Gasteiger partial charge in [-0.25, -0.2) is 4.39 Å². The van der Waals surface area contributed by atoms with E-state index in [0.717, 1.165) is 5.56 Å². The molecule has 0 aliphatic rings. The van der Waals surface area contributed by atoms with E-state index in [-0.39, 0.29) is 11.9 Å². The Kier molecular flexibility index (Phi) is 4.40. The molecule has 0 radical (unpaired) electrons. The molecule has 2 aromatic rings. The zero-order valence-corrected chi connectivity index (χ0v) is 11.3. The van der Waals surface area contributed by atoms with Crippen LogP contribution in [0.15, 0.2) is 48.5 Å². The predicted molar refractivity (Wildman–Crippen MR) is 74.9 cm³/mol. The first kappa shape index (κ1) is 13.8. The number of rotatable bonds is 4. The fourth-order valence-corrected chi connectivity index (χ4v) is 2.09. The molecule has 19 heavy (non-hydrogen) atoms. The first-order valence-corrected chi connectivity index (χ1v) is 6.38. The van der Waals surface area contributed by atoms with Crippen molar-refractivity contribution in [2.45, 2.75) is 19.1 Å². The molecule has 4 heteroatoms. The van der Waals surface area contributed by atoms with E-state index in [1.54, 1.807) is 18.2 Å². The van der Waals surface area contributed by atoms with Gasteiger partial charge in [0.05, 0.1) is 0 Å². The van der Waals surface area contributed by atoms with Crippen LogP contribution in [0.25, 0.3) is 0 Å². The van der Waals surface area contributed by atoms with E-state index >= 15 is 0 Å². The van der Waals surface area contributed by atoms with Crippen molar-refractivity contribution >= 4 is 11.6 Å². The second kappa shape index (κ2) is 6.04. The third kappa shape index (κ3) is 3.46. The Balaban J connectivity index is 2.29. The number of hydrogen-bond acceptors (Lipinski definition) is 2. The van der Waals surface area contributed by atoms with Crippen LogP contribution in [0.5, 0.6) is 5.75 Å². The SMILES string of the molecule is CC(N)C(Oc1cccc(F)c1)c1ccccc1Cl. The summed E-state index contributed by atoms with van der Waals surface area (Å²) in [5.74, 6) is 0.0855. The van der Waals surface area contributed by atoms with Gasteiger partial charge in [-0.1, -0.05) is 35.9 Å². The lowest BCUT2D eigenvalue weighted by Gasteiger charge is -2.23. The quantitative estimate of drug-likeness (QED) is 0.920. The minimum absolute atomic E-state index is 0.275. The maximum atomic E-state index is 13.2. The standard InChI is InChI=1S/C15H15ClFNO/c1-10(18)15(13-7-2-3-8-14(13)16)19-12-6-4-5-11(17)9-12/h2-10,15H,18H2,1H3. The third-order valence-electron chi connectivity index (χ3n) is 2.75. The van der Waals surface area contributed by atoms with Crippen molar-refractivity contribution in [3.8, 4) is 5.75 Å². The van der Waals surface area contributed by atoms with Crippen LogP contribution >= 0.6 is 11.6 Å². The van der Waals surface area contributed by atoms with Crippen molar-refractivity contribution in [2.75, 3.05) is 0 Å². The van der Waals surface area contributed by atoms with E-state index in [1.807, 2.05) is 25.1 Å². The van der Waals surface area contributed by atoms with Crippen molar-refractivity contribution in [1.82, 2.24) is 0 Å². The summed E-state index contributed by atoms with van der Waals surface area (Å²) in [4.78, 5) is 0. The minimum Gasteiger partial charge on any atom is -0.484 e. The molecule has 0 heterocycles. The van der Waals surface area contributed by atoms with Gasteiger partial charge in [0.25, 0.3) is 0 Å². The molecule has 0 aliphatic heterocycles. The second-order valence-corrected chi connectivity index (χ2v) is 4.78. The highest BCUT2D eigenvalue weighted by Gasteiger charge is 2.20. The summed E-state index contributed by atoms with van der Waals surface area (Å²) in [5, 5.41) is 0.584. The van der Waals surface area contributed by atoms with Gasteiger partial charge in [0.15, 0.2) is 0 Å². The molecule has 0 saturated carbocycles. The molecular weight excluding hydrogens is 265 g/mol. The lowest BCUT2D eigenvalue weighted by atomic mass is 10.0. The van der Waals surface area contributed by atoms with Crippen molar-refractivity contribution in [3.05, 3.63) is 64.9 Å². The Morgan fingerprint density at radius 3 is 2.53 bits per heavy atom. The van der Waals surface area contributed by atoms with Gasteiger partial charge in [0, 0.05) is 22.7 Å². The van der Waals surface area contributed by atoms with E-state index in [4.69, 9.17) is 22.1 Å². The fourth-order valence-electron chi connectivity index (χ4n) is 1.85. The van der Waals surface area contributed by atoms with Crippen LogP contribution in [0.4, 0.5) is 4.39 Å². The van der Waals surface area contributed by atoms with E-state index in [9.17, 15) is 4.39 Å². The summed E-state index contributed by atoms with van der Waals surface area (Å²) in [7, 11) is 0. The van der Waals surface area contributed by atoms with Gasteiger partial charge in [-0.2, -0.15) is 0 Å². The number of nitrogens with two attached hydrogens (primary N) is 1. The number of ether oxygens (including phenoxy) is 1. The van der Waals surface area contributed by atoms with E-state index in [2.05, 4.69) is 0 Å². The zero-order valence-electron chi connectivity index (χ0n) is 10.5. The topological polar surface area (TPSA) is 35.2 Å². The lowest BCUT2D eigenvalue weighted by Crippen LogP contribution is -2.29. The summed E-state index contributed by atoms with van der Waals surface area (Å²) < 4.78 is 18.9. The Labute approximate surface area is 117 Å². The maximum Gasteiger partial charge on any atom is 0.140 e.